The summed E-state index contributed by atoms with van der Waals surface area (Å²) in [6.07, 6.45) is 9.09. The number of nitrogens with one attached hydrogen (secondary N) is 1. The van der Waals surface area contributed by atoms with Gasteiger partial charge in [-0.1, -0.05) is 6.07 Å². The number of nitrogens with zero attached hydrogens (tertiary/aromatic N) is 6. The number of halogens is 2. The number of methoxy groups -OCH3 is 1. The molecule has 5 rings (SSSR count). The van der Waals surface area contributed by atoms with Crippen molar-refractivity contribution in [3.63, 3.8) is 0 Å². The number of aryl methyl sites for hydroxylation is 1. The van der Waals surface area contributed by atoms with Crippen LogP contribution in [0.4, 0.5) is 21.7 Å². The average molecular weight is 568 g/mol. The number of carbonyl (C=O) groups excluding carboxylic acids is 1. The van der Waals surface area contributed by atoms with Gasteiger partial charge in [0.15, 0.2) is 5.82 Å². The Morgan fingerprint density at radius 1 is 1.23 bits per heavy atom. The molecule has 0 aliphatic carbocycles. The zero-order valence-corrected chi connectivity index (χ0v) is 22.8. The maximum Gasteiger partial charge on any atom is 0.219 e. The average Bonchev–Trinajstić information content (AvgIpc) is 3.41. The van der Waals surface area contributed by atoms with Crippen molar-refractivity contribution in [2.24, 2.45) is 11.5 Å². The SMILES string of the molecule is COc1cccc(F)c1-c1nccc(Nc2cc(N3CCC[C@H](N)C3)c(-c3cnn(CCC(N)=O)c3)cn2)n1.Cl. The number of rotatable bonds is 9. The third kappa shape index (κ3) is 6.46. The number of amides is 1. The van der Waals surface area contributed by atoms with E-state index in [0.29, 0.717) is 30.5 Å². The minimum absolute atomic E-state index is 0. The molecule has 0 spiro atoms. The predicted octanol–water partition coefficient (Wildman–Crippen LogP) is 3.52. The second kappa shape index (κ2) is 12.7. The lowest BCUT2D eigenvalue weighted by molar-refractivity contribution is -0.118. The van der Waals surface area contributed by atoms with Crippen LogP contribution in [0.15, 0.2) is 55.1 Å². The van der Waals surface area contributed by atoms with Crippen LogP contribution in [0, 0.1) is 5.82 Å². The molecule has 0 bridgehead atoms. The second-order valence-corrected chi connectivity index (χ2v) is 9.35. The van der Waals surface area contributed by atoms with Gasteiger partial charge in [0.05, 0.1) is 18.9 Å². The second-order valence-electron chi connectivity index (χ2n) is 9.35. The van der Waals surface area contributed by atoms with Crippen molar-refractivity contribution >= 4 is 35.6 Å². The van der Waals surface area contributed by atoms with E-state index >= 15 is 0 Å². The highest BCUT2D eigenvalue weighted by Crippen LogP contribution is 2.35. The number of pyridine rings is 1. The Bertz CT molecular complexity index is 1480. The molecule has 4 heterocycles. The highest BCUT2D eigenvalue weighted by molar-refractivity contribution is 5.85. The summed E-state index contributed by atoms with van der Waals surface area (Å²) >= 11 is 0. The van der Waals surface area contributed by atoms with Crippen molar-refractivity contribution in [1.82, 2.24) is 24.7 Å². The van der Waals surface area contributed by atoms with Gasteiger partial charge >= 0.3 is 0 Å². The Labute approximate surface area is 237 Å². The van der Waals surface area contributed by atoms with Gasteiger partial charge in [-0.05, 0) is 31.0 Å². The number of piperidine rings is 1. The maximum absolute atomic E-state index is 14.6. The number of hydrogen-bond donors (Lipinski definition) is 3. The quantitative estimate of drug-likeness (QED) is 0.276. The van der Waals surface area contributed by atoms with Gasteiger partial charge in [0.25, 0.3) is 0 Å². The Hall–Kier alpha value is -4.29. The molecule has 1 aromatic carbocycles. The molecule has 1 atom stereocenters. The van der Waals surface area contributed by atoms with Crippen LogP contribution in [0.5, 0.6) is 5.75 Å². The monoisotopic (exact) mass is 567 g/mol. The summed E-state index contributed by atoms with van der Waals surface area (Å²) in [5, 5.41) is 7.60. The van der Waals surface area contributed by atoms with Crippen molar-refractivity contribution in [2.45, 2.75) is 31.8 Å². The van der Waals surface area contributed by atoms with Gasteiger partial charge in [-0.15, -0.1) is 12.4 Å². The van der Waals surface area contributed by atoms with E-state index in [2.05, 4.69) is 30.3 Å². The first-order valence-corrected chi connectivity index (χ1v) is 12.7. The summed E-state index contributed by atoms with van der Waals surface area (Å²) in [6.45, 7) is 1.96. The molecule has 5 N–H and O–H groups in total. The van der Waals surface area contributed by atoms with Gasteiger partial charge in [-0.25, -0.2) is 19.3 Å². The molecular formula is C27H31ClFN9O2. The normalized spacial score (nSPS) is 14.9. The highest BCUT2D eigenvalue weighted by Gasteiger charge is 2.22. The summed E-state index contributed by atoms with van der Waals surface area (Å²) in [5.41, 5.74) is 14.5. The van der Waals surface area contributed by atoms with Crippen molar-refractivity contribution in [3.05, 3.63) is 60.9 Å². The molecule has 11 nitrogen and oxygen atoms in total. The van der Waals surface area contributed by atoms with E-state index < -0.39 is 5.82 Å². The molecule has 1 saturated heterocycles. The molecule has 1 aliphatic heterocycles. The molecule has 210 valence electrons. The fourth-order valence-corrected chi connectivity index (χ4v) is 4.65. The van der Waals surface area contributed by atoms with Crippen LogP contribution in [0.3, 0.4) is 0 Å². The molecular weight excluding hydrogens is 537 g/mol. The smallest absolute Gasteiger partial charge is 0.219 e. The van der Waals surface area contributed by atoms with Gasteiger partial charge in [-0.2, -0.15) is 5.10 Å². The van der Waals surface area contributed by atoms with Crippen LogP contribution < -0.4 is 26.4 Å². The predicted molar refractivity (Wildman–Crippen MR) is 153 cm³/mol. The lowest BCUT2D eigenvalue weighted by Gasteiger charge is -2.34. The van der Waals surface area contributed by atoms with Gasteiger partial charge in [0.1, 0.15) is 23.2 Å². The number of carbonyl (C=O) groups is 1. The lowest BCUT2D eigenvalue weighted by atomic mass is 10.0. The number of nitrogens with two attached hydrogens (primary N) is 2. The minimum atomic E-state index is -0.478. The van der Waals surface area contributed by atoms with E-state index in [1.165, 1.54) is 13.2 Å². The highest BCUT2D eigenvalue weighted by atomic mass is 35.5. The minimum Gasteiger partial charge on any atom is -0.496 e. The largest absolute Gasteiger partial charge is 0.496 e. The maximum atomic E-state index is 14.6. The standard InChI is InChI=1S/C27H30FN9O2.ClH/c1-39-22-6-2-5-20(28)26(22)27-31-9-7-24(35-27)34-25-12-21(36-10-3-4-18(29)16-36)19(14-32-25)17-13-33-37(15-17)11-8-23(30)38;/h2,5-7,9,12-15,18H,3-4,8,10-11,16,29H2,1H3,(H2,30,38)(H,31,32,34,35);1H/t18-;/m0./s1. The molecule has 13 heteroatoms. The number of aromatic nitrogens is 5. The number of benzene rings is 1. The fourth-order valence-electron chi connectivity index (χ4n) is 4.65. The van der Waals surface area contributed by atoms with E-state index in [1.807, 2.05) is 12.3 Å². The Morgan fingerprint density at radius 2 is 2.08 bits per heavy atom. The van der Waals surface area contributed by atoms with Crippen LogP contribution in [-0.4, -0.2) is 56.9 Å². The number of hydrogen-bond acceptors (Lipinski definition) is 9. The van der Waals surface area contributed by atoms with Crippen molar-refractivity contribution in [1.29, 1.82) is 0 Å². The zero-order valence-electron chi connectivity index (χ0n) is 22.0. The molecule has 3 aromatic heterocycles. The molecule has 40 heavy (non-hydrogen) atoms. The third-order valence-electron chi connectivity index (χ3n) is 6.54. The van der Waals surface area contributed by atoms with E-state index in [0.717, 1.165) is 36.2 Å². The third-order valence-corrected chi connectivity index (χ3v) is 6.54. The molecule has 4 aromatic rings. The van der Waals surface area contributed by atoms with Crippen molar-refractivity contribution in [2.75, 3.05) is 30.4 Å². The summed E-state index contributed by atoms with van der Waals surface area (Å²) in [7, 11) is 1.47. The van der Waals surface area contributed by atoms with E-state index in [-0.39, 0.29) is 42.2 Å². The van der Waals surface area contributed by atoms with Crippen LogP contribution in [-0.2, 0) is 11.3 Å². The van der Waals surface area contributed by atoms with E-state index in [1.54, 1.807) is 41.5 Å². The summed E-state index contributed by atoms with van der Waals surface area (Å²) in [5.74, 6) is 0.680. The number of anilines is 3. The Balaban J connectivity index is 0.00000370. The van der Waals surface area contributed by atoms with Gasteiger partial charge in [-0.3, -0.25) is 9.48 Å². The Kier molecular flexibility index (Phi) is 9.12. The number of ether oxygens (including phenoxy) is 1. The topological polar surface area (TPSA) is 150 Å². The molecule has 1 amide bonds. The van der Waals surface area contributed by atoms with E-state index in [4.69, 9.17) is 16.2 Å². The molecule has 1 aliphatic rings. The van der Waals surface area contributed by atoms with Gasteiger partial charge in [0.2, 0.25) is 5.91 Å². The fraction of sp³-hybridized carbons (Fsp3) is 0.296. The summed E-state index contributed by atoms with van der Waals surface area (Å²) < 4.78 is 21.6. The van der Waals surface area contributed by atoms with Crippen LogP contribution in [0.1, 0.15) is 19.3 Å². The van der Waals surface area contributed by atoms with Crippen molar-refractivity contribution < 1.29 is 13.9 Å². The van der Waals surface area contributed by atoms with Gasteiger partial charge < -0.3 is 26.4 Å². The summed E-state index contributed by atoms with van der Waals surface area (Å²) in [4.78, 5) is 26.8. The first-order valence-electron chi connectivity index (χ1n) is 12.7. The molecule has 0 radical (unpaired) electrons. The van der Waals surface area contributed by atoms with Crippen molar-refractivity contribution in [3.8, 4) is 28.3 Å². The van der Waals surface area contributed by atoms with Crippen LogP contribution in [0.25, 0.3) is 22.5 Å². The molecule has 0 unspecified atom stereocenters. The molecule has 1 fully saturated rings. The first kappa shape index (κ1) is 28.7. The Morgan fingerprint density at radius 3 is 2.85 bits per heavy atom. The lowest BCUT2D eigenvalue weighted by Crippen LogP contribution is -2.43. The van der Waals surface area contributed by atoms with Crippen LogP contribution >= 0.6 is 12.4 Å². The first-order chi connectivity index (χ1) is 18.9. The van der Waals surface area contributed by atoms with E-state index in [9.17, 15) is 9.18 Å². The zero-order chi connectivity index (χ0) is 27.4. The molecule has 0 saturated carbocycles. The van der Waals surface area contributed by atoms with Crippen LogP contribution in [0.2, 0.25) is 0 Å². The summed E-state index contributed by atoms with van der Waals surface area (Å²) in [6, 6.07) is 8.27. The van der Waals surface area contributed by atoms with Gasteiger partial charge in [0, 0.05) is 73.6 Å². The number of primary amides is 1.